The highest BCUT2D eigenvalue weighted by atomic mass is 32.2. The van der Waals surface area contributed by atoms with Gasteiger partial charge in [0.2, 0.25) is 10.0 Å². The van der Waals surface area contributed by atoms with Crippen LogP contribution in [0, 0.1) is 0 Å². The van der Waals surface area contributed by atoms with E-state index in [0.29, 0.717) is 12.2 Å². The topological polar surface area (TPSA) is 74.3 Å². The molecule has 114 valence electrons. The Balaban J connectivity index is 2.50. The van der Waals surface area contributed by atoms with E-state index in [9.17, 15) is 8.42 Å². The van der Waals surface area contributed by atoms with Crippen molar-refractivity contribution in [2.75, 3.05) is 43.0 Å². The molecule has 0 atom stereocenters. The highest BCUT2D eigenvalue weighted by Crippen LogP contribution is 2.11. The molecule has 0 radical (unpaired) electrons. The molecule has 1 rings (SSSR count). The van der Waals surface area contributed by atoms with Crippen LogP contribution in [0.5, 0.6) is 0 Å². The molecule has 20 heavy (non-hydrogen) atoms. The molecule has 0 unspecified atom stereocenters. The maximum atomic E-state index is 11.7. The Morgan fingerprint density at radius 2 is 2.05 bits per heavy atom. The normalized spacial score (nSPS) is 11.6. The van der Waals surface area contributed by atoms with Crippen LogP contribution in [0.2, 0.25) is 0 Å². The number of likely N-dealkylation sites (N-methyl/N-ethyl adjacent to an activating group) is 1. The molecule has 0 fully saturated rings. The van der Waals surface area contributed by atoms with E-state index in [1.54, 1.807) is 12.3 Å². The standard InChI is InChI=1S/C13H24N4O2S/c1-4-5-10-20(18,19)16-13-7-6-12(11-15-13)14-8-9-17(2)3/h6-7,11,14H,4-5,8-10H2,1-3H3,(H,15,16). The Morgan fingerprint density at radius 1 is 1.30 bits per heavy atom. The minimum atomic E-state index is -3.28. The number of unbranched alkanes of at least 4 members (excludes halogenated alkanes) is 1. The van der Waals surface area contributed by atoms with Crippen molar-refractivity contribution in [1.82, 2.24) is 9.88 Å². The van der Waals surface area contributed by atoms with Gasteiger partial charge in [0.25, 0.3) is 0 Å². The van der Waals surface area contributed by atoms with Crippen molar-refractivity contribution in [3.63, 3.8) is 0 Å². The fraction of sp³-hybridized carbons (Fsp3) is 0.615. The first-order valence-corrected chi connectivity index (χ1v) is 8.43. The zero-order chi connectivity index (χ0) is 15.0. The van der Waals surface area contributed by atoms with Crippen LogP contribution in [0.3, 0.4) is 0 Å². The van der Waals surface area contributed by atoms with Crippen LogP contribution < -0.4 is 10.0 Å². The van der Waals surface area contributed by atoms with Gasteiger partial charge in [-0.05, 0) is 32.6 Å². The molecule has 2 N–H and O–H groups in total. The number of hydrogen-bond acceptors (Lipinski definition) is 5. The van der Waals surface area contributed by atoms with Gasteiger partial charge in [0, 0.05) is 13.1 Å². The minimum absolute atomic E-state index is 0.133. The van der Waals surface area contributed by atoms with Crippen molar-refractivity contribution in [3.8, 4) is 0 Å². The molecule has 6 nitrogen and oxygen atoms in total. The van der Waals surface area contributed by atoms with Crippen LogP contribution in [0.15, 0.2) is 18.3 Å². The number of pyridine rings is 1. The van der Waals surface area contributed by atoms with Gasteiger partial charge in [-0.25, -0.2) is 13.4 Å². The molecular weight excluding hydrogens is 276 g/mol. The van der Waals surface area contributed by atoms with Crippen LogP contribution in [0.1, 0.15) is 19.8 Å². The first-order valence-electron chi connectivity index (χ1n) is 6.78. The lowest BCUT2D eigenvalue weighted by Crippen LogP contribution is -2.21. The summed E-state index contributed by atoms with van der Waals surface area (Å²) in [6.45, 7) is 3.70. The first kappa shape index (κ1) is 16.7. The summed E-state index contributed by atoms with van der Waals surface area (Å²) in [7, 11) is 0.739. The van der Waals surface area contributed by atoms with E-state index in [1.807, 2.05) is 27.1 Å². The Labute approximate surface area is 121 Å². The summed E-state index contributed by atoms with van der Waals surface area (Å²) >= 11 is 0. The summed E-state index contributed by atoms with van der Waals surface area (Å²) in [6, 6.07) is 3.49. The molecule has 0 aromatic carbocycles. The summed E-state index contributed by atoms with van der Waals surface area (Å²) in [6.07, 6.45) is 3.13. The second kappa shape index (κ2) is 8.06. The first-order chi connectivity index (χ1) is 9.43. The van der Waals surface area contributed by atoms with E-state index in [1.165, 1.54) is 0 Å². The Bertz CT molecular complexity index is 486. The second-order valence-electron chi connectivity index (χ2n) is 4.94. The summed E-state index contributed by atoms with van der Waals surface area (Å²) in [4.78, 5) is 6.18. The van der Waals surface area contributed by atoms with Gasteiger partial charge < -0.3 is 10.2 Å². The molecule has 1 aromatic rings. The quantitative estimate of drug-likeness (QED) is 0.724. The van der Waals surface area contributed by atoms with Crippen molar-refractivity contribution >= 4 is 21.5 Å². The third-order valence-electron chi connectivity index (χ3n) is 2.68. The molecule has 0 saturated heterocycles. The predicted octanol–water partition coefficient (Wildman–Crippen LogP) is 1.60. The van der Waals surface area contributed by atoms with Gasteiger partial charge in [-0.15, -0.1) is 0 Å². The molecule has 1 aromatic heterocycles. The third-order valence-corrected chi connectivity index (χ3v) is 4.02. The maximum absolute atomic E-state index is 11.7. The zero-order valence-electron chi connectivity index (χ0n) is 12.4. The number of rotatable bonds is 9. The molecule has 0 saturated carbocycles. The lowest BCUT2D eigenvalue weighted by molar-refractivity contribution is 0.425. The highest BCUT2D eigenvalue weighted by Gasteiger charge is 2.09. The van der Waals surface area contributed by atoms with E-state index in [4.69, 9.17) is 0 Å². The van der Waals surface area contributed by atoms with Crippen LogP contribution in [-0.2, 0) is 10.0 Å². The van der Waals surface area contributed by atoms with E-state index in [0.717, 1.165) is 25.2 Å². The number of nitrogens with one attached hydrogen (secondary N) is 2. The van der Waals surface area contributed by atoms with Crippen molar-refractivity contribution < 1.29 is 8.42 Å². The van der Waals surface area contributed by atoms with Gasteiger partial charge in [-0.1, -0.05) is 13.3 Å². The van der Waals surface area contributed by atoms with Crippen molar-refractivity contribution in [1.29, 1.82) is 0 Å². The van der Waals surface area contributed by atoms with Gasteiger partial charge in [0.1, 0.15) is 5.82 Å². The number of anilines is 2. The summed E-state index contributed by atoms with van der Waals surface area (Å²) in [5.74, 6) is 0.493. The van der Waals surface area contributed by atoms with E-state index in [2.05, 4.69) is 19.9 Å². The average Bonchev–Trinajstić information content (AvgIpc) is 2.38. The van der Waals surface area contributed by atoms with Gasteiger partial charge in [0.15, 0.2) is 0 Å². The van der Waals surface area contributed by atoms with Crippen molar-refractivity contribution in [3.05, 3.63) is 18.3 Å². The van der Waals surface area contributed by atoms with Crippen molar-refractivity contribution in [2.24, 2.45) is 0 Å². The summed E-state index contributed by atoms with van der Waals surface area (Å²) in [5, 5.41) is 3.22. The van der Waals surface area contributed by atoms with Crippen LogP contribution in [0.4, 0.5) is 11.5 Å². The SMILES string of the molecule is CCCCS(=O)(=O)Nc1ccc(NCCN(C)C)cn1. The lowest BCUT2D eigenvalue weighted by atomic mass is 10.4. The molecule has 0 amide bonds. The molecule has 0 spiro atoms. The molecule has 7 heteroatoms. The smallest absolute Gasteiger partial charge is 0.233 e. The van der Waals surface area contributed by atoms with Gasteiger partial charge in [0.05, 0.1) is 17.6 Å². The average molecular weight is 300 g/mol. The van der Waals surface area contributed by atoms with Crippen LogP contribution in [-0.4, -0.2) is 51.2 Å². The van der Waals surface area contributed by atoms with Gasteiger partial charge in [-0.3, -0.25) is 4.72 Å². The van der Waals surface area contributed by atoms with Gasteiger partial charge in [-0.2, -0.15) is 0 Å². The fourth-order valence-electron chi connectivity index (χ4n) is 1.53. The molecule has 0 aliphatic heterocycles. The highest BCUT2D eigenvalue weighted by molar-refractivity contribution is 7.92. The second-order valence-corrected chi connectivity index (χ2v) is 6.78. The third kappa shape index (κ3) is 6.72. The minimum Gasteiger partial charge on any atom is -0.383 e. The number of nitrogens with zero attached hydrogens (tertiary/aromatic N) is 2. The van der Waals surface area contributed by atoms with Gasteiger partial charge >= 0.3 is 0 Å². The largest absolute Gasteiger partial charge is 0.383 e. The maximum Gasteiger partial charge on any atom is 0.233 e. The van der Waals surface area contributed by atoms with Crippen LogP contribution in [0.25, 0.3) is 0 Å². The molecular formula is C13H24N4O2S. The zero-order valence-corrected chi connectivity index (χ0v) is 13.2. The molecule has 0 bridgehead atoms. The van der Waals surface area contributed by atoms with E-state index in [-0.39, 0.29) is 5.75 Å². The Kier molecular flexibility index (Phi) is 6.74. The molecule has 1 heterocycles. The van der Waals surface area contributed by atoms with Crippen LogP contribution >= 0.6 is 0 Å². The molecule has 0 aliphatic rings. The van der Waals surface area contributed by atoms with E-state index >= 15 is 0 Å². The summed E-state index contributed by atoms with van der Waals surface area (Å²) in [5.41, 5.74) is 0.878. The fourth-order valence-corrected chi connectivity index (χ4v) is 2.74. The number of aromatic nitrogens is 1. The Morgan fingerprint density at radius 3 is 2.60 bits per heavy atom. The monoisotopic (exact) mass is 300 g/mol. The Hall–Kier alpha value is -1.34. The number of sulfonamides is 1. The summed E-state index contributed by atoms with van der Waals surface area (Å²) < 4.78 is 25.9. The molecule has 0 aliphatic carbocycles. The number of hydrogen-bond donors (Lipinski definition) is 2. The van der Waals surface area contributed by atoms with Crippen molar-refractivity contribution in [2.45, 2.75) is 19.8 Å². The van der Waals surface area contributed by atoms with E-state index < -0.39 is 10.0 Å². The predicted molar refractivity (Wildman–Crippen MR) is 83.6 cm³/mol. The lowest BCUT2D eigenvalue weighted by Gasteiger charge is -2.11.